The molecule has 0 spiro atoms. The van der Waals surface area contributed by atoms with Crippen LogP contribution in [0.3, 0.4) is 0 Å². The predicted molar refractivity (Wildman–Crippen MR) is 78.0 cm³/mol. The van der Waals surface area contributed by atoms with Crippen LogP contribution < -0.4 is 0 Å². The van der Waals surface area contributed by atoms with Crippen LogP contribution in [0.4, 0.5) is 0 Å². The molecule has 0 unspecified atom stereocenters. The van der Waals surface area contributed by atoms with Crippen molar-refractivity contribution >= 4 is 27.5 Å². The molecular weight excluding hydrogens is 300 g/mol. The predicted octanol–water partition coefficient (Wildman–Crippen LogP) is 4.83. The number of alkyl halides is 1. The SMILES string of the molecule is CCCC(CBr)(CCC)Cn1cc(Cl)c(C)n1. The van der Waals surface area contributed by atoms with Crippen molar-refractivity contribution in [3.8, 4) is 0 Å². The molecule has 4 heteroatoms. The highest BCUT2D eigenvalue weighted by atomic mass is 79.9. The first kappa shape index (κ1) is 15.0. The standard InChI is InChI=1S/C13H22BrClN2/c1-4-6-13(9-14,7-5-2)10-17-8-12(15)11(3)16-17/h8H,4-7,9-10H2,1-3H3. The molecule has 0 fully saturated rings. The van der Waals surface area contributed by atoms with Crippen molar-refractivity contribution in [2.75, 3.05) is 5.33 Å². The van der Waals surface area contributed by atoms with E-state index in [1.165, 1.54) is 25.7 Å². The Bertz CT molecular complexity index is 324. The summed E-state index contributed by atoms with van der Waals surface area (Å²) in [5, 5.41) is 6.26. The van der Waals surface area contributed by atoms with Gasteiger partial charge < -0.3 is 0 Å². The van der Waals surface area contributed by atoms with Crippen molar-refractivity contribution in [2.24, 2.45) is 5.41 Å². The molecule has 0 aromatic carbocycles. The van der Waals surface area contributed by atoms with Crippen molar-refractivity contribution in [3.63, 3.8) is 0 Å². The fraction of sp³-hybridized carbons (Fsp3) is 0.769. The van der Waals surface area contributed by atoms with E-state index in [-0.39, 0.29) is 0 Å². The molecule has 17 heavy (non-hydrogen) atoms. The second kappa shape index (κ2) is 6.79. The van der Waals surface area contributed by atoms with Gasteiger partial charge in [0.2, 0.25) is 0 Å². The van der Waals surface area contributed by atoms with Crippen molar-refractivity contribution < 1.29 is 0 Å². The van der Waals surface area contributed by atoms with Crippen LogP contribution in [0.5, 0.6) is 0 Å². The number of hydrogen-bond donors (Lipinski definition) is 0. The van der Waals surface area contributed by atoms with E-state index in [9.17, 15) is 0 Å². The van der Waals surface area contributed by atoms with Crippen LogP contribution in [-0.4, -0.2) is 15.1 Å². The fourth-order valence-electron chi connectivity index (χ4n) is 2.44. The van der Waals surface area contributed by atoms with Gasteiger partial charge >= 0.3 is 0 Å². The first-order valence-electron chi connectivity index (χ1n) is 6.32. The minimum atomic E-state index is 0.311. The summed E-state index contributed by atoms with van der Waals surface area (Å²) in [7, 11) is 0. The molecule has 1 aromatic heterocycles. The van der Waals surface area contributed by atoms with E-state index >= 15 is 0 Å². The fourth-order valence-corrected chi connectivity index (χ4v) is 3.33. The topological polar surface area (TPSA) is 17.8 Å². The molecule has 0 saturated carbocycles. The molecule has 0 aliphatic heterocycles. The van der Waals surface area contributed by atoms with Crippen molar-refractivity contribution in [1.29, 1.82) is 0 Å². The molecule has 0 saturated heterocycles. The zero-order valence-corrected chi connectivity index (χ0v) is 13.3. The molecule has 0 aliphatic rings. The summed E-state index contributed by atoms with van der Waals surface area (Å²) < 4.78 is 2.00. The lowest BCUT2D eigenvalue weighted by molar-refractivity contribution is 0.223. The van der Waals surface area contributed by atoms with Gasteiger partial charge in [-0.1, -0.05) is 54.2 Å². The lowest BCUT2D eigenvalue weighted by Crippen LogP contribution is -2.29. The number of aryl methyl sites for hydroxylation is 1. The monoisotopic (exact) mass is 320 g/mol. The number of hydrogen-bond acceptors (Lipinski definition) is 1. The molecular formula is C13H22BrClN2. The quantitative estimate of drug-likeness (QED) is 0.658. The molecule has 0 atom stereocenters. The van der Waals surface area contributed by atoms with Crippen LogP contribution in [0.25, 0.3) is 0 Å². The third-order valence-electron chi connectivity index (χ3n) is 3.23. The molecule has 1 aromatic rings. The summed E-state index contributed by atoms with van der Waals surface area (Å²) in [5.41, 5.74) is 1.23. The molecule has 98 valence electrons. The van der Waals surface area contributed by atoms with Gasteiger partial charge in [-0.15, -0.1) is 0 Å². The number of halogens is 2. The van der Waals surface area contributed by atoms with E-state index < -0.39 is 0 Å². The van der Waals surface area contributed by atoms with Crippen LogP contribution in [-0.2, 0) is 6.54 Å². The van der Waals surface area contributed by atoms with Gasteiger partial charge in [-0.3, -0.25) is 4.68 Å². The Morgan fingerprint density at radius 3 is 2.29 bits per heavy atom. The maximum Gasteiger partial charge on any atom is 0.0814 e. The van der Waals surface area contributed by atoms with E-state index in [4.69, 9.17) is 11.6 Å². The summed E-state index contributed by atoms with van der Waals surface area (Å²) in [5.74, 6) is 0. The molecule has 1 heterocycles. The average Bonchev–Trinajstić information content (AvgIpc) is 2.58. The van der Waals surface area contributed by atoms with Gasteiger partial charge in [0.05, 0.1) is 10.7 Å². The Morgan fingerprint density at radius 2 is 1.94 bits per heavy atom. The van der Waals surface area contributed by atoms with E-state index in [1.807, 2.05) is 17.8 Å². The van der Waals surface area contributed by atoms with E-state index in [2.05, 4.69) is 34.9 Å². The second-order valence-electron chi connectivity index (χ2n) is 4.89. The van der Waals surface area contributed by atoms with Gasteiger partial charge in [-0.25, -0.2) is 0 Å². The van der Waals surface area contributed by atoms with Crippen molar-refractivity contribution in [1.82, 2.24) is 9.78 Å². The Balaban J connectivity index is 2.84. The Morgan fingerprint density at radius 1 is 1.35 bits per heavy atom. The van der Waals surface area contributed by atoms with Gasteiger partial charge in [0.25, 0.3) is 0 Å². The number of rotatable bonds is 7. The lowest BCUT2D eigenvalue weighted by Gasteiger charge is -2.31. The highest BCUT2D eigenvalue weighted by molar-refractivity contribution is 9.09. The summed E-state index contributed by atoms with van der Waals surface area (Å²) in [6.07, 6.45) is 6.81. The van der Waals surface area contributed by atoms with Gasteiger partial charge in [0.1, 0.15) is 0 Å². The number of nitrogens with zero attached hydrogens (tertiary/aromatic N) is 2. The highest BCUT2D eigenvalue weighted by Gasteiger charge is 2.28. The molecule has 2 nitrogen and oxygen atoms in total. The van der Waals surface area contributed by atoms with Crippen LogP contribution in [0.1, 0.15) is 45.2 Å². The third-order valence-corrected chi connectivity index (χ3v) is 4.79. The highest BCUT2D eigenvalue weighted by Crippen LogP contribution is 2.34. The Hall–Kier alpha value is -0.0200. The minimum absolute atomic E-state index is 0.311. The molecule has 0 bridgehead atoms. The largest absolute Gasteiger partial charge is 0.270 e. The van der Waals surface area contributed by atoms with Crippen LogP contribution in [0.2, 0.25) is 5.02 Å². The summed E-state index contributed by atoms with van der Waals surface area (Å²) >= 11 is 9.74. The zero-order valence-electron chi connectivity index (χ0n) is 11.0. The summed E-state index contributed by atoms with van der Waals surface area (Å²) in [4.78, 5) is 0. The maximum absolute atomic E-state index is 6.06. The zero-order chi connectivity index (χ0) is 12.9. The molecule has 0 amide bonds. The van der Waals surface area contributed by atoms with Gasteiger partial charge in [-0.05, 0) is 25.2 Å². The molecule has 0 radical (unpaired) electrons. The first-order chi connectivity index (χ1) is 8.06. The Labute approximate surface area is 118 Å². The van der Waals surface area contributed by atoms with Crippen molar-refractivity contribution in [2.45, 2.75) is 53.0 Å². The molecule has 0 aliphatic carbocycles. The van der Waals surface area contributed by atoms with Gasteiger partial charge in [-0.2, -0.15) is 5.10 Å². The van der Waals surface area contributed by atoms with E-state index in [0.29, 0.717) is 5.41 Å². The molecule has 1 rings (SSSR count). The average molecular weight is 322 g/mol. The van der Waals surface area contributed by atoms with Gasteiger partial charge in [0.15, 0.2) is 0 Å². The first-order valence-corrected chi connectivity index (χ1v) is 7.82. The number of aromatic nitrogens is 2. The summed E-state index contributed by atoms with van der Waals surface area (Å²) in [6.45, 7) is 7.39. The van der Waals surface area contributed by atoms with Gasteiger partial charge in [0, 0.05) is 18.1 Å². The van der Waals surface area contributed by atoms with Crippen molar-refractivity contribution in [3.05, 3.63) is 16.9 Å². The lowest BCUT2D eigenvalue weighted by atomic mass is 9.81. The minimum Gasteiger partial charge on any atom is -0.270 e. The third kappa shape index (κ3) is 3.99. The van der Waals surface area contributed by atoms with Crippen LogP contribution in [0, 0.1) is 12.3 Å². The maximum atomic E-state index is 6.06. The second-order valence-corrected chi connectivity index (χ2v) is 5.86. The smallest absolute Gasteiger partial charge is 0.0814 e. The van der Waals surface area contributed by atoms with Crippen LogP contribution >= 0.6 is 27.5 Å². The van der Waals surface area contributed by atoms with E-state index in [0.717, 1.165) is 22.6 Å². The molecule has 0 N–H and O–H groups in total. The van der Waals surface area contributed by atoms with Crippen LogP contribution in [0.15, 0.2) is 6.20 Å². The Kier molecular flexibility index (Phi) is 6.01. The summed E-state index contributed by atoms with van der Waals surface area (Å²) in [6, 6.07) is 0. The van der Waals surface area contributed by atoms with E-state index in [1.54, 1.807) is 0 Å². The normalized spacial score (nSPS) is 12.1.